The molecule has 4 heteroatoms. The standard InChI is InChI=1S/C10H14ClNO2/c1-14-10-7(3-2-6-12)4-5-8(13)9(10)11/h4-5,13H,2-3,6,12H2,1H3. The molecule has 0 aliphatic heterocycles. The molecule has 3 nitrogen and oxygen atoms in total. The van der Waals surface area contributed by atoms with Gasteiger partial charge in [-0.05, 0) is 31.0 Å². The molecule has 0 aliphatic carbocycles. The summed E-state index contributed by atoms with van der Waals surface area (Å²) in [6.45, 7) is 0.627. The first kappa shape index (κ1) is 11.1. The molecule has 0 saturated carbocycles. The number of hydrogen-bond donors (Lipinski definition) is 2. The minimum atomic E-state index is 0.0417. The normalized spacial score (nSPS) is 10.2. The van der Waals surface area contributed by atoms with Crippen molar-refractivity contribution in [2.75, 3.05) is 13.7 Å². The molecule has 1 aromatic rings. The van der Waals surface area contributed by atoms with Crippen LogP contribution in [0.2, 0.25) is 5.02 Å². The largest absolute Gasteiger partial charge is 0.506 e. The SMILES string of the molecule is COc1c(CCCN)ccc(O)c1Cl. The predicted molar refractivity (Wildman–Crippen MR) is 57.0 cm³/mol. The second kappa shape index (κ2) is 5.08. The van der Waals surface area contributed by atoms with Gasteiger partial charge in [-0.25, -0.2) is 0 Å². The van der Waals surface area contributed by atoms with Gasteiger partial charge in [0.15, 0.2) is 0 Å². The quantitative estimate of drug-likeness (QED) is 0.807. The first-order chi connectivity index (χ1) is 6.70. The lowest BCUT2D eigenvalue weighted by atomic mass is 10.1. The van der Waals surface area contributed by atoms with Crippen LogP contribution >= 0.6 is 11.6 Å². The van der Waals surface area contributed by atoms with E-state index in [0.29, 0.717) is 12.3 Å². The molecule has 0 spiro atoms. The number of aromatic hydroxyl groups is 1. The number of phenolic OH excluding ortho intramolecular Hbond substituents is 1. The Morgan fingerprint density at radius 1 is 1.50 bits per heavy atom. The molecule has 0 heterocycles. The van der Waals surface area contributed by atoms with Crippen molar-refractivity contribution in [2.24, 2.45) is 5.73 Å². The Morgan fingerprint density at radius 3 is 2.79 bits per heavy atom. The highest BCUT2D eigenvalue weighted by Gasteiger charge is 2.10. The molecule has 0 amide bonds. The zero-order valence-electron chi connectivity index (χ0n) is 8.09. The van der Waals surface area contributed by atoms with Crippen molar-refractivity contribution < 1.29 is 9.84 Å². The van der Waals surface area contributed by atoms with Gasteiger partial charge in [-0.3, -0.25) is 0 Å². The van der Waals surface area contributed by atoms with Crippen LogP contribution < -0.4 is 10.5 Å². The molecular formula is C10H14ClNO2. The summed E-state index contributed by atoms with van der Waals surface area (Å²) >= 11 is 5.87. The van der Waals surface area contributed by atoms with Crippen LogP contribution in [-0.2, 0) is 6.42 Å². The van der Waals surface area contributed by atoms with Crippen LogP contribution in [0, 0.1) is 0 Å². The number of methoxy groups -OCH3 is 1. The summed E-state index contributed by atoms with van der Waals surface area (Å²) in [6, 6.07) is 3.37. The summed E-state index contributed by atoms with van der Waals surface area (Å²) in [4.78, 5) is 0. The summed E-state index contributed by atoms with van der Waals surface area (Å²) < 4.78 is 5.12. The molecule has 0 bridgehead atoms. The van der Waals surface area contributed by atoms with Crippen LogP contribution in [0.15, 0.2) is 12.1 Å². The third kappa shape index (κ3) is 2.30. The number of ether oxygens (including phenoxy) is 1. The monoisotopic (exact) mass is 215 g/mol. The van der Waals surface area contributed by atoms with E-state index in [4.69, 9.17) is 22.1 Å². The van der Waals surface area contributed by atoms with Gasteiger partial charge < -0.3 is 15.6 Å². The summed E-state index contributed by atoms with van der Waals surface area (Å²) in [5, 5.41) is 9.61. The van der Waals surface area contributed by atoms with Crippen LogP contribution in [0.1, 0.15) is 12.0 Å². The second-order valence-corrected chi connectivity index (χ2v) is 3.36. The molecule has 0 atom stereocenters. The number of nitrogens with two attached hydrogens (primary N) is 1. The fraction of sp³-hybridized carbons (Fsp3) is 0.400. The summed E-state index contributed by atoms with van der Waals surface area (Å²) in [7, 11) is 1.53. The molecule has 78 valence electrons. The van der Waals surface area contributed by atoms with E-state index in [1.54, 1.807) is 12.1 Å². The fourth-order valence-electron chi connectivity index (χ4n) is 1.30. The van der Waals surface area contributed by atoms with Gasteiger partial charge >= 0.3 is 0 Å². The molecule has 1 aromatic carbocycles. The molecule has 0 saturated heterocycles. The number of benzene rings is 1. The lowest BCUT2D eigenvalue weighted by molar-refractivity contribution is 0.402. The fourth-order valence-corrected chi connectivity index (χ4v) is 1.56. The molecule has 3 N–H and O–H groups in total. The Balaban J connectivity index is 2.98. The van der Waals surface area contributed by atoms with Gasteiger partial charge in [0.2, 0.25) is 0 Å². The molecule has 0 radical (unpaired) electrons. The average Bonchev–Trinajstić information content (AvgIpc) is 2.20. The Morgan fingerprint density at radius 2 is 2.21 bits per heavy atom. The average molecular weight is 216 g/mol. The van der Waals surface area contributed by atoms with Crippen LogP contribution in [-0.4, -0.2) is 18.8 Å². The number of rotatable bonds is 4. The van der Waals surface area contributed by atoms with Crippen LogP contribution in [0.5, 0.6) is 11.5 Å². The topological polar surface area (TPSA) is 55.5 Å². The Bertz CT molecular complexity index is 315. The molecule has 14 heavy (non-hydrogen) atoms. The first-order valence-electron chi connectivity index (χ1n) is 4.45. The van der Waals surface area contributed by atoms with E-state index in [1.165, 1.54) is 7.11 Å². The van der Waals surface area contributed by atoms with Gasteiger partial charge in [0, 0.05) is 0 Å². The molecular weight excluding hydrogens is 202 g/mol. The zero-order valence-corrected chi connectivity index (χ0v) is 8.84. The smallest absolute Gasteiger partial charge is 0.144 e. The Labute approximate surface area is 88.4 Å². The van der Waals surface area contributed by atoms with E-state index < -0.39 is 0 Å². The zero-order chi connectivity index (χ0) is 10.6. The Kier molecular flexibility index (Phi) is 4.04. The first-order valence-corrected chi connectivity index (χ1v) is 4.83. The van der Waals surface area contributed by atoms with E-state index in [-0.39, 0.29) is 10.8 Å². The predicted octanol–water partition coefficient (Wildman–Crippen LogP) is 1.95. The lowest BCUT2D eigenvalue weighted by Crippen LogP contribution is -2.01. The van der Waals surface area contributed by atoms with Crippen LogP contribution in [0.3, 0.4) is 0 Å². The van der Waals surface area contributed by atoms with Gasteiger partial charge in [0.05, 0.1) is 7.11 Å². The van der Waals surface area contributed by atoms with Crippen LogP contribution in [0.4, 0.5) is 0 Å². The van der Waals surface area contributed by atoms with E-state index in [2.05, 4.69) is 0 Å². The van der Waals surface area contributed by atoms with Crippen molar-refractivity contribution in [1.29, 1.82) is 0 Å². The molecule has 0 aliphatic rings. The summed E-state index contributed by atoms with van der Waals surface area (Å²) in [6.07, 6.45) is 1.68. The molecule has 0 fully saturated rings. The summed E-state index contributed by atoms with van der Waals surface area (Å²) in [5.74, 6) is 0.583. The maximum absolute atomic E-state index is 9.34. The van der Waals surface area contributed by atoms with Crippen molar-refractivity contribution >= 4 is 11.6 Å². The number of halogens is 1. The van der Waals surface area contributed by atoms with Gasteiger partial charge in [-0.15, -0.1) is 0 Å². The van der Waals surface area contributed by atoms with Gasteiger partial charge in [-0.1, -0.05) is 17.7 Å². The number of aryl methyl sites for hydroxylation is 1. The molecule has 0 unspecified atom stereocenters. The molecule has 0 aromatic heterocycles. The van der Waals surface area contributed by atoms with Crippen molar-refractivity contribution in [2.45, 2.75) is 12.8 Å². The highest BCUT2D eigenvalue weighted by atomic mass is 35.5. The van der Waals surface area contributed by atoms with Crippen molar-refractivity contribution in [1.82, 2.24) is 0 Å². The van der Waals surface area contributed by atoms with Crippen molar-refractivity contribution in [3.63, 3.8) is 0 Å². The number of hydrogen-bond acceptors (Lipinski definition) is 3. The van der Waals surface area contributed by atoms with E-state index in [9.17, 15) is 5.11 Å². The van der Waals surface area contributed by atoms with E-state index >= 15 is 0 Å². The van der Waals surface area contributed by atoms with Gasteiger partial charge in [0.1, 0.15) is 16.5 Å². The third-order valence-electron chi connectivity index (χ3n) is 2.01. The highest BCUT2D eigenvalue weighted by molar-refractivity contribution is 6.33. The van der Waals surface area contributed by atoms with Crippen molar-refractivity contribution in [3.05, 3.63) is 22.7 Å². The Hall–Kier alpha value is -0.930. The number of phenols is 1. The second-order valence-electron chi connectivity index (χ2n) is 2.98. The maximum Gasteiger partial charge on any atom is 0.144 e. The third-order valence-corrected chi connectivity index (χ3v) is 2.38. The van der Waals surface area contributed by atoms with Gasteiger partial charge in [-0.2, -0.15) is 0 Å². The summed E-state index contributed by atoms with van der Waals surface area (Å²) in [5.41, 5.74) is 6.39. The van der Waals surface area contributed by atoms with Crippen LogP contribution in [0.25, 0.3) is 0 Å². The minimum Gasteiger partial charge on any atom is -0.506 e. The highest BCUT2D eigenvalue weighted by Crippen LogP contribution is 2.36. The van der Waals surface area contributed by atoms with Crippen molar-refractivity contribution in [3.8, 4) is 11.5 Å². The lowest BCUT2D eigenvalue weighted by Gasteiger charge is -2.10. The maximum atomic E-state index is 9.34. The van der Waals surface area contributed by atoms with E-state index in [1.807, 2.05) is 0 Å². The van der Waals surface area contributed by atoms with E-state index in [0.717, 1.165) is 18.4 Å². The van der Waals surface area contributed by atoms with Gasteiger partial charge in [0.25, 0.3) is 0 Å². The molecule has 1 rings (SSSR count). The minimum absolute atomic E-state index is 0.0417.